The predicted octanol–water partition coefficient (Wildman–Crippen LogP) is 0.940. The van der Waals surface area contributed by atoms with E-state index < -0.39 is 5.97 Å². The number of carbonyl (C=O) groups is 2. The van der Waals surface area contributed by atoms with Gasteiger partial charge in [-0.15, -0.1) is 0 Å². The second-order valence-corrected chi connectivity index (χ2v) is 2.25. The highest BCUT2D eigenvalue weighted by Gasteiger charge is 2.13. The van der Waals surface area contributed by atoms with Crippen LogP contribution in [0.15, 0.2) is 24.3 Å². The van der Waals surface area contributed by atoms with E-state index in [-0.39, 0.29) is 17.8 Å². The van der Waals surface area contributed by atoms with Crippen molar-refractivity contribution in [3.8, 4) is 5.75 Å². The fraction of sp³-hybridized carbons (Fsp3) is 0.111. The number of hydrogen-bond donors (Lipinski definition) is 0. The minimum Gasteiger partial charge on any atom is -0.428 e. The second-order valence-electron chi connectivity index (χ2n) is 2.25. The van der Waals surface area contributed by atoms with Crippen molar-refractivity contribution < 1.29 is 24.1 Å². The predicted molar refractivity (Wildman–Crippen MR) is 45.6 cm³/mol. The first-order valence-corrected chi connectivity index (χ1v) is 3.74. The second kappa shape index (κ2) is 4.98. The highest BCUT2D eigenvalue weighted by Crippen LogP contribution is 2.18. The largest absolute Gasteiger partial charge is 0.428 e. The number of para-hydroxylation sites is 1. The van der Waals surface area contributed by atoms with Crippen molar-refractivity contribution in [2.75, 3.05) is 7.11 Å². The number of hydrogen-bond acceptors (Lipinski definition) is 5. The summed E-state index contributed by atoms with van der Waals surface area (Å²) in [7, 11) is 1.21. The molecule has 0 spiro atoms. The van der Waals surface area contributed by atoms with Crippen molar-refractivity contribution in [1.82, 2.24) is 0 Å². The van der Waals surface area contributed by atoms with Crippen molar-refractivity contribution in [1.29, 1.82) is 0 Å². The topological polar surface area (TPSA) is 61.8 Å². The molecular formula is C9H8O5. The minimum absolute atomic E-state index is 0.126. The van der Waals surface area contributed by atoms with E-state index in [9.17, 15) is 9.59 Å². The zero-order valence-corrected chi connectivity index (χ0v) is 7.43. The Hall–Kier alpha value is -1.88. The molecule has 0 aliphatic heterocycles. The van der Waals surface area contributed by atoms with Gasteiger partial charge in [-0.25, -0.2) is 4.79 Å². The van der Waals surface area contributed by atoms with Gasteiger partial charge in [-0.2, -0.15) is 4.89 Å². The van der Waals surface area contributed by atoms with Gasteiger partial charge in [0.15, 0.2) is 0 Å². The Labute approximate surface area is 80.1 Å². The lowest BCUT2D eigenvalue weighted by atomic mass is 10.2. The van der Waals surface area contributed by atoms with Crippen LogP contribution in [-0.2, 0) is 14.6 Å². The molecule has 0 aromatic heterocycles. The molecule has 0 N–H and O–H groups in total. The van der Waals surface area contributed by atoms with E-state index >= 15 is 0 Å². The van der Waals surface area contributed by atoms with Crippen LogP contribution in [0.3, 0.4) is 0 Å². The fourth-order valence-corrected chi connectivity index (χ4v) is 0.910. The van der Waals surface area contributed by atoms with Gasteiger partial charge < -0.3 is 4.74 Å². The third-order valence-corrected chi connectivity index (χ3v) is 1.44. The van der Waals surface area contributed by atoms with Gasteiger partial charge in [0.1, 0.15) is 11.3 Å². The third-order valence-electron chi connectivity index (χ3n) is 1.44. The molecule has 0 aliphatic carbocycles. The molecule has 0 amide bonds. The van der Waals surface area contributed by atoms with Gasteiger partial charge in [0.25, 0.3) is 6.47 Å². The van der Waals surface area contributed by atoms with E-state index in [0.717, 1.165) is 0 Å². The Kier molecular flexibility index (Phi) is 3.63. The molecule has 0 bridgehead atoms. The lowest BCUT2D eigenvalue weighted by Gasteiger charge is -2.04. The van der Waals surface area contributed by atoms with Crippen molar-refractivity contribution in [2.24, 2.45) is 0 Å². The van der Waals surface area contributed by atoms with Crippen LogP contribution in [0.4, 0.5) is 0 Å². The average Bonchev–Trinajstić information content (AvgIpc) is 2.19. The molecule has 74 valence electrons. The smallest absolute Gasteiger partial charge is 0.376 e. The van der Waals surface area contributed by atoms with E-state index in [1.165, 1.54) is 19.2 Å². The van der Waals surface area contributed by atoms with Crippen LogP contribution >= 0.6 is 0 Å². The molecule has 0 unspecified atom stereocenters. The molecule has 5 heteroatoms. The summed E-state index contributed by atoms with van der Waals surface area (Å²) < 4.78 is 4.57. The zero-order chi connectivity index (χ0) is 10.4. The van der Waals surface area contributed by atoms with Crippen LogP contribution in [0.1, 0.15) is 10.4 Å². The van der Waals surface area contributed by atoms with E-state index in [2.05, 4.69) is 14.5 Å². The Morgan fingerprint density at radius 3 is 2.71 bits per heavy atom. The van der Waals surface area contributed by atoms with Crippen LogP contribution in [0.2, 0.25) is 0 Å². The van der Waals surface area contributed by atoms with Crippen molar-refractivity contribution in [3.63, 3.8) is 0 Å². The average molecular weight is 196 g/mol. The summed E-state index contributed by atoms with van der Waals surface area (Å²) in [6, 6.07) is 6.17. The molecule has 5 nitrogen and oxygen atoms in total. The minimum atomic E-state index is -0.718. The Morgan fingerprint density at radius 2 is 2.07 bits per heavy atom. The van der Waals surface area contributed by atoms with Gasteiger partial charge in [0, 0.05) is 0 Å². The molecule has 0 saturated carbocycles. The number of rotatable bonds is 4. The first-order valence-electron chi connectivity index (χ1n) is 3.74. The molecular weight excluding hydrogens is 188 g/mol. The lowest BCUT2D eigenvalue weighted by molar-refractivity contribution is -0.216. The van der Waals surface area contributed by atoms with Gasteiger partial charge in [-0.3, -0.25) is 9.68 Å². The van der Waals surface area contributed by atoms with Crippen LogP contribution < -0.4 is 4.74 Å². The molecule has 0 atom stereocenters. The third kappa shape index (κ3) is 2.30. The van der Waals surface area contributed by atoms with Crippen LogP contribution in [-0.4, -0.2) is 19.6 Å². The van der Waals surface area contributed by atoms with Gasteiger partial charge in [-0.1, -0.05) is 12.1 Å². The molecule has 1 rings (SSSR count). The van der Waals surface area contributed by atoms with Gasteiger partial charge in [0.2, 0.25) is 0 Å². The van der Waals surface area contributed by atoms with Crippen molar-refractivity contribution in [2.45, 2.75) is 0 Å². The first-order chi connectivity index (χ1) is 6.79. The first kappa shape index (κ1) is 10.2. The molecule has 0 fully saturated rings. The van der Waals surface area contributed by atoms with Gasteiger partial charge >= 0.3 is 5.97 Å². The summed E-state index contributed by atoms with van der Waals surface area (Å²) in [6.07, 6.45) is 0. The molecule has 1 aromatic rings. The molecule has 0 heterocycles. The number of benzene rings is 1. The lowest BCUT2D eigenvalue weighted by Crippen LogP contribution is -2.06. The maximum atomic E-state index is 11.2. The Balaban J connectivity index is 2.93. The highest BCUT2D eigenvalue weighted by molar-refractivity contribution is 5.92. The maximum Gasteiger partial charge on any atom is 0.376 e. The zero-order valence-electron chi connectivity index (χ0n) is 7.43. The van der Waals surface area contributed by atoms with Gasteiger partial charge in [0.05, 0.1) is 7.11 Å². The number of carbonyl (C=O) groups excluding carboxylic acids is 2. The maximum absolute atomic E-state index is 11.2. The Morgan fingerprint density at radius 1 is 1.36 bits per heavy atom. The molecule has 0 radical (unpaired) electrons. The van der Waals surface area contributed by atoms with Crippen LogP contribution in [0.25, 0.3) is 0 Å². The van der Waals surface area contributed by atoms with E-state index in [1.54, 1.807) is 12.1 Å². The Bertz CT molecular complexity index is 334. The van der Waals surface area contributed by atoms with E-state index in [0.29, 0.717) is 0 Å². The summed E-state index contributed by atoms with van der Waals surface area (Å²) in [4.78, 5) is 29.8. The van der Waals surface area contributed by atoms with Crippen LogP contribution in [0, 0.1) is 0 Å². The molecule has 0 aliphatic rings. The van der Waals surface area contributed by atoms with Crippen molar-refractivity contribution in [3.05, 3.63) is 29.8 Å². The molecule has 0 saturated heterocycles. The monoisotopic (exact) mass is 196 g/mol. The van der Waals surface area contributed by atoms with E-state index in [1.807, 2.05) is 0 Å². The van der Waals surface area contributed by atoms with Crippen LogP contribution in [0.5, 0.6) is 5.75 Å². The summed E-state index contributed by atoms with van der Waals surface area (Å²) in [6.45, 7) is 0.235. The SMILES string of the molecule is COOC(=O)c1ccccc1OC=O. The summed E-state index contributed by atoms with van der Waals surface area (Å²) in [5, 5.41) is 0. The standard InChI is InChI=1S/C9H8O5/c1-12-14-9(11)7-4-2-3-5-8(7)13-6-10/h2-6H,1H3. The van der Waals surface area contributed by atoms with Crippen molar-refractivity contribution >= 4 is 12.4 Å². The highest BCUT2D eigenvalue weighted by atomic mass is 17.2. The summed E-state index contributed by atoms with van der Waals surface area (Å²) >= 11 is 0. The summed E-state index contributed by atoms with van der Waals surface area (Å²) in [5.41, 5.74) is 0.126. The van der Waals surface area contributed by atoms with E-state index in [4.69, 9.17) is 0 Å². The summed E-state index contributed by atoms with van der Waals surface area (Å²) in [5.74, 6) is -0.588. The quantitative estimate of drug-likeness (QED) is 0.407. The number of ether oxygens (including phenoxy) is 1. The molecule has 1 aromatic carbocycles. The molecule has 14 heavy (non-hydrogen) atoms. The van der Waals surface area contributed by atoms with Gasteiger partial charge in [-0.05, 0) is 12.1 Å². The fourth-order valence-electron chi connectivity index (χ4n) is 0.910. The normalized spacial score (nSPS) is 9.21.